The van der Waals surface area contributed by atoms with E-state index in [0.29, 0.717) is 0 Å². The van der Waals surface area contributed by atoms with Gasteiger partial charge < -0.3 is 19.7 Å². The van der Waals surface area contributed by atoms with Crippen molar-refractivity contribution in [2.45, 2.75) is 32.5 Å². The molecule has 0 aliphatic rings. The van der Waals surface area contributed by atoms with E-state index in [-0.39, 0.29) is 13.0 Å². The standard InChI is InChI=1S/C9H16O6/c1-6(11)3-9(13)15-8(4-10)5-14-7(2)12/h6,8,10-11H,3-5H2,1-2H3/t6-,8?/m0/s1. The fourth-order valence-corrected chi connectivity index (χ4v) is 0.810. The summed E-state index contributed by atoms with van der Waals surface area (Å²) in [7, 11) is 0. The fraction of sp³-hybridized carbons (Fsp3) is 0.778. The van der Waals surface area contributed by atoms with Crippen molar-refractivity contribution in [2.24, 2.45) is 0 Å². The summed E-state index contributed by atoms with van der Waals surface area (Å²) >= 11 is 0. The number of carbonyl (C=O) groups excluding carboxylic acids is 2. The molecule has 0 aromatic rings. The van der Waals surface area contributed by atoms with Crippen molar-refractivity contribution in [2.75, 3.05) is 13.2 Å². The van der Waals surface area contributed by atoms with E-state index >= 15 is 0 Å². The second kappa shape index (κ2) is 7.19. The Bertz CT molecular complexity index is 213. The van der Waals surface area contributed by atoms with Crippen molar-refractivity contribution in [3.05, 3.63) is 0 Å². The first-order valence-corrected chi connectivity index (χ1v) is 4.57. The van der Waals surface area contributed by atoms with Crippen molar-refractivity contribution < 1.29 is 29.3 Å². The third-order valence-electron chi connectivity index (χ3n) is 1.44. The second-order valence-electron chi connectivity index (χ2n) is 3.15. The topological polar surface area (TPSA) is 93.1 Å². The van der Waals surface area contributed by atoms with Gasteiger partial charge in [0, 0.05) is 6.92 Å². The lowest BCUT2D eigenvalue weighted by atomic mass is 10.3. The molecule has 0 saturated carbocycles. The van der Waals surface area contributed by atoms with Crippen molar-refractivity contribution in [3.63, 3.8) is 0 Å². The molecule has 15 heavy (non-hydrogen) atoms. The van der Waals surface area contributed by atoms with E-state index in [1.807, 2.05) is 0 Å². The highest BCUT2D eigenvalue weighted by atomic mass is 16.6. The van der Waals surface area contributed by atoms with Gasteiger partial charge in [-0.3, -0.25) is 9.59 Å². The predicted octanol–water partition coefficient (Wildman–Crippen LogP) is -0.776. The molecule has 0 bridgehead atoms. The van der Waals surface area contributed by atoms with Gasteiger partial charge in [0.05, 0.1) is 19.1 Å². The first-order chi connectivity index (χ1) is 6.95. The quantitative estimate of drug-likeness (QED) is 0.571. The Labute approximate surface area is 87.8 Å². The lowest BCUT2D eigenvalue weighted by Crippen LogP contribution is -2.29. The fourth-order valence-electron chi connectivity index (χ4n) is 0.810. The van der Waals surface area contributed by atoms with E-state index in [0.717, 1.165) is 0 Å². The van der Waals surface area contributed by atoms with Crippen LogP contribution in [0.5, 0.6) is 0 Å². The maximum absolute atomic E-state index is 11.0. The minimum atomic E-state index is -0.875. The molecule has 2 N–H and O–H groups in total. The van der Waals surface area contributed by atoms with E-state index in [1.54, 1.807) is 0 Å². The van der Waals surface area contributed by atoms with E-state index in [1.165, 1.54) is 13.8 Å². The van der Waals surface area contributed by atoms with E-state index in [9.17, 15) is 9.59 Å². The molecule has 0 saturated heterocycles. The van der Waals surface area contributed by atoms with Gasteiger partial charge in [-0.1, -0.05) is 0 Å². The number of carbonyl (C=O) groups is 2. The van der Waals surface area contributed by atoms with Gasteiger partial charge in [-0.05, 0) is 6.92 Å². The Morgan fingerprint density at radius 3 is 2.40 bits per heavy atom. The molecule has 0 aliphatic heterocycles. The Morgan fingerprint density at radius 1 is 1.40 bits per heavy atom. The third-order valence-corrected chi connectivity index (χ3v) is 1.44. The average molecular weight is 220 g/mol. The van der Waals surface area contributed by atoms with E-state index in [2.05, 4.69) is 4.74 Å². The molecule has 0 fully saturated rings. The normalized spacial score (nSPS) is 14.1. The highest BCUT2D eigenvalue weighted by Gasteiger charge is 2.16. The molecule has 0 aromatic heterocycles. The SMILES string of the molecule is CC(=O)OCC(CO)OC(=O)C[C@H](C)O. The molecule has 0 heterocycles. The molecule has 0 aliphatic carbocycles. The molecule has 6 heteroatoms. The highest BCUT2D eigenvalue weighted by molar-refractivity contribution is 5.70. The van der Waals surface area contributed by atoms with Gasteiger partial charge in [-0.2, -0.15) is 0 Å². The molecule has 0 radical (unpaired) electrons. The Hall–Kier alpha value is -1.14. The molecule has 6 nitrogen and oxygen atoms in total. The summed E-state index contributed by atoms with van der Waals surface area (Å²) in [5, 5.41) is 17.7. The van der Waals surface area contributed by atoms with E-state index < -0.39 is 30.8 Å². The summed E-state index contributed by atoms with van der Waals surface area (Å²) < 4.78 is 9.30. The maximum Gasteiger partial charge on any atom is 0.308 e. The van der Waals surface area contributed by atoms with Gasteiger partial charge in [-0.25, -0.2) is 0 Å². The van der Waals surface area contributed by atoms with Gasteiger partial charge in [0.15, 0.2) is 6.10 Å². The van der Waals surface area contributed by atoms with Crippen LogP contribution < -0.4 is 0 Å². The van der Waals surface area contributed by atoms with Crippen molar-refractivity contribution in [3.8, 4) is 0 Å². The van der Waals surface area contributed by atoms with Gasteiger partial charge in [0.1, 0.15) is 6.61 Å². The first kappa shape index (κ1) is 13.9. The molecule has 88 valence electrons. The van der Waals surface area contributed by atoms with Crippen molar-refractivity contribution in [1.29, 1.82) is 0 Å². The Kier molecular flexibility index (Phi) is 6.64. The zero-order chi connectivity index (χ0) is 11.8. The van der Waals surface area contributed by atoms with Crippen LogP contribution in [0.4, 0.5) is 0 Å². The van der Waals surface area contributed by atoms with Crippen LogP contribution in [0.15, 0.2) is 0 Å². The van der Waals surface area contributed by atoms with Crippen LogP contribution in [0.1, 0.15) is 20.3 Å². The zero-order valence-corrected chi connectivity index (χ0v) is 8.80. The summed E-state index contributed by atoms with van der Waals surface area (Å²) in [6.45, 7) is 2.05. The summed E-state index contributed by atoms with van der Waals surface area (Å²) in [4.78, 5) is 21.5. The molecule has 0 amide bonds. The van der Waals surface area contributed by atoms with Gasteiger partial charge in [0.25, 0.3) is 0 Å². The van der Waals surface area contributed by atoms with E-state index in [4.69, 9.17) is 14.9 Å². The Morgan fingerprint density at radius 2 is 2.00 bits per heavy atom. The lowest BCUT2D eigenvalue weighted by Gasteiger charge is -2.15. The number of hydrogen-bond acceptors (Lipinski definition) is 6. The number of aliphatic hydroxyl groups excluding tert-OH is 2. The molecule has 2 atom stereocenters. The third kappa shape index (κ3) is 7.90. The van der Waals surface area contributed by atoms with Crippen LogP contribution in [0.2, 0.25) is 0 Å². The predicted molar refractivity (Wildman–Crippen MR) is 49.9 cm³/mol. The highest BCUT2D eigenvalue weighted by Crippen LogP contribution is 1.99. The molecular formula is C9H16O6. The van der Waals surface area contributed by atoms with Crippen LogP contribution in [0.25, 0.3) is 0 Å². The summed E-state index contributed by atoms with van der Waals surface area (Å²) in [6, 6.07) is 0. The van der Waals surface area contributed by atoms with Gasteiger partial charge in [0.2, 0.25) is 0 Å². The summed E-state index contributed by atoms with van der Waals surface area (Å²) in [5.41, 5.74) is 0. The molecule has 0 aromatic carbocycles. The minimum Gasteiger partial charge on any atom is -0.462 e. The zero-order valence-electron chi connectivity index (χ0n) is 8.80. The lowest BCUT2D eigenvalue weighted by molar-refractivity contribution is -0.161. The summed E-state index contributed by atoms with van der Waals surface area (Å²) in [5.74, 6) is -1.16. The van der Waals surface area contributed by atoms with Crippen LogP contribution in [0.3, 0.4) is 0 Å². The number of aliphatic hydroxyl groups is 2. The smallest absolute Gasteiger partial charge is 0.308 e. The minimum absolute atomic E-state index is 0.156. The van der Waals surface area contributed by atoms with Gasteiger partial charge in [-0.15, -0.1) is 0 Å². The number of hydrogen-bond donors (Lipinski definition) is 2. The first-order valence-electron chi connectivity index (χ1n) is 4.57. The van der Waals surface area contributed by atoms with Crippen LogP contribution in [0, 0.1) is 0 Å². The number of esters is 2. The molecule has 0 rings (SSSR count). The number of ether oxygens (including phenoxy) is 2. The average Bonchev–Trinajstić information content (AvgIpc) is 2.10. The Balaban J connectivity index is 3.87. The monoisotopic (exact) mass is 220 g/mol. The second-order valence-corrected chi connectivity index (χ2v) is 3.15. The molecule has 0 spiro atoms. The van der Waals surface area contributed by atoms with Gasteiger partial charge >= 0.3 is 11.9 Å². The summed E-state index contributed by atoms with van der Waals surface area (Å²) in [6.07, 6.45) is -1.83. The maximum atomic E-state index is 11.0. The van der Waals surface area contributed by atoms with Crippen LogP contribution >= 0.6 is 0 Å². The molecule has 1 unspecified atom stereocenters. The van der Waals surface area contributed by atoms with Crippen LogP contribution in [-0.4, -0.2) is 47.6 Å². The van der Waals surface area contributed by atoms with Crippen LogP contribution in [-0.2, 0) is 19.1 Å². The van der Waals surface area contributed by atoms with Crippen molar-refractivity contribution >= 4 is 11.9 Å². The number of rotatable bonds is 6. The largest absolute Gasteiger partial charge is 0.462 e. The van der Waals surface area contributed by atoms with Crippen molar-refractivity contribution in [1.82, 2.24) is 0 Å². The molecular weight excluding hydrogens is 204 g/mol.